The summed E-state index contributed by atoms with van der Waals surface area (Å²) in [7, 11) is 0. The number of benzene rings is 2. The van der Waals surface area contributed by atoms with Gasteiger partial charge < -0.3 is 14.6 Å². The molecule has 1 atom stereocenters. The number of aliphatic carboxylic acids is 1. The largest absolute Gasteiger partial charge is 0.479 e. The van der Waals surface area contributed by atoms with Gasteiger partial charge in [0.2, 0.25) is 0 Å². The molecule has 0 aliphatic heterocycles. The first-order chi connectivity index (χ1) is 9.56. The average Bonchev–Trinajstić information content (AvgIpc) is 2.43. The van der Waals surface area contributed by atoms with Crippen molar-refractivity contribution in [2.45, 2.75) is 13.0 Å². The number of hydrogen-bond acceptors (Lipinski definition) is 3. The van der Waals surface area contributed by atoms with Gasteiger partial charge >= 0.3 is 5.97 Å². The van der Waals surface area contributed by atoms with Gasteiger partial charge in [-0.15, -0.1) is 12.4 Å². The molecule has 2 rings (SSSR count). The van der Waals surface area contributed by atoms with Gasteiger partial charge in [0.15, 0.2) is 17.6 Å². The Morgan fingerprint density at radius 3 is 2.24 bits per heavy atom. The van der Waals surface area contributed by atoms with Gasteiger partial charge in [-0.2, -0.15) is 0 Å². The number of carbonyl (C=O) groups is 1. The van der Waals surface area contributed by atoms with Crippen molar-refractivity contribution in [1.82, 2.24) is 0 Å². The summed E-state index contributed by atoms with van der Waals surface area (Å²) in [5.41, 5.74) is 0. The number of ether oxygens (including phenoxy) is 2. The van der Waals surface area contributed by atoms with Crippen LogP contribution >= 0.6 is 24.0 Å². The molecule has 0 bridgehead atoms. The molecule has 4 nitrogen and oxygen atoms in total. The summed E-state index contributed by atoms with van der Waals surface area (Å²) >= 11 is 5.80. The van der Waals surface area contributed by atoms with E-state index in [1.165, 1.54) is 6.92 Å². The van der Waals surface area contributed by atoms with E-state index in [9.17, 15) is 4.79 Å². The monoisotopic (exact) mass is 328 g/mol. The number of carboxylic acids is 1. The van der Waals surface area contributed by atoms with Crippen LogP contribution in [0, 0.1) is 0 Å². The average molecular weight is 329 g/mol. The Morgan fingerprint density at radius 1 is 1.10 bits per heavy atom. The lowest BCUT2D eigenvalue weighted by Gasteiger charge is -2.14. The Hall–Kier alpha value is -1.91. The molecular formula is C15H14Cl2O4. The normalized spacial score (nSPS) is 11.1. The summed E-state index contributed by atoms with van der Waals surface area (Å²) in [5.74, 6) is 0.375. The second kappa shape index (κ2) is 7.76. The minimum Gasteiger partial charge on any atom is -0.479 e. The first-order valence-electron chi connectivity index (χ1n) is 5.98. The Labute approximate surface area is 133 Å². The molecule has 1 N–H and O–H groups in total. The van der Waals surface area contributed by atoms with Crippen molar-refractivity contribution in [2.75, 3.05) is 0 Å². The standard InChI is InChI=1S/C15H13ClO4.ClH/c1-10(15(17)18)19-13-4-2-3-5-14(13)20-12-8-6-11(16)7-9-12;/h2-10H,1H3,(H,17,18);1H. The van der Waals surface area contributed by atoms with E-state index in [2.05, 4.69) is 0 Å². The Bertz CT molecular complexity index is 599. The molecule has 21 heavy (non-hydrogen) atoms. The summed E-state index contributed by atoms with van der Waals surface area (Å²) in [6.07, 6.45) is -0.954. The summed E-state index contributed by atoms with van der Waals surface area (Å²) in [5, 5.41) is 9.49. The van der Waals surface area contributed by atoms with Gasteiger partial charge in [-0.1, -0.05) is 23.7 Å². The minimum absolute atomic E-state index is 0. The molecule has 0 heterocycles. The van der Waals surface area contributed by atoms with E-state index >= 15 is 0 Å². The van der Waals surface area contributed by atoms with Crippen molar-refractivity contribution >= 4 is 30.0 Å². The molecule has 0 aliphatic rings. The lowest BCUT2D eigenvalue weighted by molar-refractivity contribution is -0.144. The van der Waals surface area contributed by atoms with Gasteiger partial charge in [-0.3, -0.25) is 0 Å². The third-order valence-corrected chi connectivity index (χ3v) is 2.79. The van der Waals surface area contributed by atoms with Crippen LogP contribution in [0.5, 0.6) is 17.2 Å². The van der Waals surface area contributed by atoms with E-state index in [1.54, 1.807) is 48.5 Å². The van der Waals surface area contributed by atoms with Gasteiger partial charge in [0, 0.05) is 5.02 Å². The highest BCUT2D eigenvalue weighted by Gasteiger charge is 2.15. The lowest BCUT2D eigenvalue weighted by Crippen LogP contribution is -2.23. The first-order valence-corrected chi connectivity index (χ1v) is 6.36. The van der Waals surface area contributed by atoms with Crippen molar-refractivity contribution in [3.8, 4) is 17.2 Å². The van der Waals surface area contributed by atoms with Crippen LogP contribution in [-0.2, 0) is 4.79 Å². The molecule has 0 spiro atoms. The van der Waals surface area contributed by atoms with E-state index in [4.69, 9.17) is 26.2 Å². The van der Waals surface area contributed by atoms with Crippen molar-refractivity contribution < 1.29 is 19.4 Å². The van der Waals surface area contributed by atoms with E-state index in [0.29, 0.717) is 22.3 Å². The first kappa shape index (κ1) is 17.1. The van der Waals surface area contributed by atoms with Crippen LogP contribution in [0.2, 0.25) is 5.02 Å². The maximum Gasteiger partial charge on any atom is 0.344 e. The highest BCUT2D eigenvalue weighted by atomic mass is 35.5. The third kappa shape index (κ3) is 4.85. The Kier molecular flexibility index (Phi) is 6.34. The van der Waals surface area contributed by atoms with E-state index in [1.807, 2.05) is 0 Å². The molecular weight excluding hydrogens is 315 g/mol. The van der Waals surface area contributed by atoms with Crippen LogP contribution in [-0.4, -0.2) is 17.2 Å². The number of halogens is 2. The Morgan fingerprint density at radius 2 is 1.67 bits per heavy atom. The predicted octanol–water partition coefficient (Wildman–Crippen LogP) is 4.41. The van der Waals surface area contributed by atoms with Crippen LogP contribution < -0.4 is 9.47 Å². The highest BCUT2D eigenvalue weighted by molar-refractivity contribution is 6.30. The van der Waals surface area contributed by atoms with Crippen molar-refractivity contribution in [1.29, 1.82) is 0 Å². The molecule has 0 aliphatic carbocycles. The van der Waals surface area contributed by atoms with Gasteiger partial charge in [-0.05, 0) is 43.3 Å². The van der Waals surface area contributed by atoms with Crippen molar-refractivity contribution in [3.63, 3.8) is 0 Å². The fourth-order valence-electron chi connectivity index (χ4n) is 1.50. The molecule has 0 aromatic heterocycles. The zero-order valence-corrected chi connectivity index (χ0v) is 12.7. The zero-order chi connectivity index (χ0) is 14.5. The minimum atomic E-state index is -1.04. The van der Waals surface area contributed by atoms with Crippen LogP contribution in [0.3, 0.4) is 0 Å². The Balaban J connectivity index is 0.00000220. The number of rotatable bonds is 5. The second-order valence-electron chi connectivity index (χ2n) is 4.10. The molecule has 0 saturated carbocycles. The molecule has 6 heteroatoms. The summed E-state index contributed by atoms with van der Waals surface area (Å²) in [4.78, 5) is 10.8. The summed E-state index contributed by atoms with van der Waals surface area (Å²) in [6.45, 7) is 1.46. The SMILES string of the molecule is CC(Oc1ccccc1Oc1ccc(Cl)cc1)C(=O)O.Cl. The van der Waals surface area contributed by atoms with Gasteiger partial charge in [0.05, 0.1) is 0 Å². The maximum atomic E-state index is 10.8. The van der Waals surface area contributed by atoms with Gasteiger partial charge in [0.25, 0.3) is 0 Å². The topological polar surface area (TPSA) is 55.8 Å². The molecule has 1 unspecified atom stereocenters. The number of para-hydroxylation sites is 2. The molecule has 0 fully saturated rings. The van der Waals surface area contributed by atoms with Crippen LogP contribution in [0.4, 0.5) is 0 Å². The fourth-order valence-corrected chi connectivity index (χ4v) is 1.63. The molecule has 0 radical (unpaired) electrons. The smallest absolute Gasteiger partial charge is 0.344 e. The van der Waals surface area contributed by atoms with Crippen LogP contribution in [0.15, 0.2) is 48.5 Å². The van der Waals surface area contributed by atoms with E-state index < -0.39 is 12.1 Å². The summed E-state index contributed by atoms with van der Waals surface area (Å²) in [6, 6.07) is 13.8. The van der Waals surface area contributed by atoms with Gasteiger partial charge in [-0.25, -0.2) is 4.79 Å². The van der Waals surface area contributed by atoms with Gasteiger partial charge in [0.1, 0.15) is 5.75 Å². The third-order valence-electron chi connectivity index (χ3n) is 2.54. The van der Waals surface area contributed by atoms with Crippen molar-refractivity contribution in [2.24, 2.45) is 0 Å². The predicted molar refractivity (Wildman–Crippen MR) is 82.9 cm³/mol. The fraction of sp³-hybridized carbons (Fsp3) is 0.133. The zero-order valence-electron chi connectivity index (χ0n) is 11.2. The summed E-state index contributed by atoms with van der Waals surface area (Å²) < 4.78 is 11.0. The maximum absolute atomic E-state index is 10.8. The van der Waals surface area contributed by atoms with E-state index in [0.717, 1.165) is 0 Å². The molecule has 0 saturated heterocycles. The second-order valence-corrected chi connectivity index (χ2v) is 4.54. The van der Waals surface area contributed by atoms with Crippen molar-refractivity contribution in [3.05, 3.63) is 53.6 Å². The molecule has 112 valence electrons. The molecule has 0 amide bonds. The quantitative estimate of drug-likeness (QED) is 0.883. The molecule has 2 aromatic rings. The lowest BCUT2D eigenvalue weighted by atomic mass is 10.3. The number of carboxylic acid groups (broad SMARTS) is 1. The number of hydrogen-bond donors (Lipinski definition) is 1. The van der Waals surface area contributed by atoms with E-state index in [-0.39, 0.29) is 12.4 Å². The van der Waals surface area contributed by atoms with Crippen LogP contribution in [0.25, 0.3) is 0 Å². The van der Waals surface area contributed by atoms with Crippen LogP contribution in [0.1, 0.15) is 6.92 Å². The highest BCUT2D eigenvalue weighted by Crippen LogP contribution is 2.32. The molecule has 2 aromatic carbocycles.